The number of methoxy groups -OCH3 is 1. The van der Waals surface area contributed by atoms with Crippen molar-refractivity contribution in [3.05, 3.63) is 29.8 Å². The number of aliphatic hydroxyl groups excluding tert-OH is 1. The molecule has 0 aromatic heterocycles. The van der Waals surface area contributed by atoms with E-state index in [-0.39, 0.29) is 0 Å². The first kappa shape index (κ1) is 16.2. The van der Waals surface area contributed by atoms with Gasteiger partial charge in [-0.3, -0.25) is 0 Å². The van der Waals surface area contributed by atoms with Gasteiger partial charge in [0.05, 0.1) is 12.7 Å². The minimum atomic E-state index is -0.396. The van der Waals surface area contributed by atoms with E-state index >= 15 is 0 Å². The van der Waals surface area contributed by atoms with Gasteiger partial charge in [-0.2, -0.15) is 0 Å². The maximum Gasteiger partial charge on any atom is 0.115 e. The monoisotopic (exact) mass is 294 g/mol. The zero-order valence-corrected chi connectivity index (χ0v) is 12.7. The Morgan fingerprint density at radius 2 is 2.14 bits per heavy atom. The lowest BCUT2D eigenvalue weighted by molar-refractivity contribution is 0.0310. The highest BCUT2D eigenvalue weighted by atomic mass is 16.5. The van der Waals surface area contributed by atoms with Gasteiger partial charge in [0.25, 0.3) is 0 Å². The van der Waals surface area contributed by atoms with Crippen LogP contribution in [-0.4, -0.2) is 60.6 Å². The number of nitrogens with one attached hydrogen (secondary N) is 1. The van der Waals surface area contributed by atoms with Crippen molar-refractivity contribution in [2.75, 3.05) is 33.4 Å². The number of rotatable bonds is 7. The molecule has 21 heavy (non-hydrogen) atoms. The van der Waals surface area contributed by atoms with Gasteiger partial charge in [-0.1, -0.05) is 12.1 Å². The van der Waals surface area contributed by atoms with Crippen LogP contribution in [-0.2, 0) is 11.3 Å². The fourth-order valence-corrected chi connectivity index (χ4v) is 2.79. The number of nitrogens with zero attached hydrogens (tertiary/aromatic N) is 1. The number of piperidine rings is 1. The van der Waals surface area contributed by atoms with Gasteiger partial charge in [0, 0.05) is 26.2 Å². The summed E-state index contributed by atoms with van der Waals surface area (Å²) in [6.45, 7) is 3.87. The summed E-state index contributed by atoms with van der Waals surface area (Å²) < 4.78 is 4.95. The predicted molar refractivity (Wildman–Crippen MR) is 82.3 cm³/mol. The molecule has 1 aliphatic rings. The molecule has 1 saturated heterocycles. The van der Waals surface area contributed by atoms with Crippen LogP contribution >= 0.6 is 0 Å². The molecule has 0 spiro atoms. The van der Waals surface area contributed by atoms with E-state index in [9.17, 15) is 10.2 Å². The first-order valence-corrected chi connectivity index (χ1v) is 7.58. The number of phenolic OH excluding ortho intramolecular Hbond substituents is 1. The maximum atomic E-state index is 9.74. The molecule has 3 N–H and O–H groups in total. The predicted octanol–water partition coefficient (Wildman–Crippen LogP) is 0.954. The first-order chi connectivity index (χ1) is 10.2. The fraction of sp³-hybridized carbons (Fsp3) is 0.625. The van der Waals surface area contributed by atoms with E-state index in [0.717, 1.165) is 38.0 Å². The third kappa shape index (κ3) is 5.63. The normalized spacial score (nSPS) is 18.8. The highest BCUT2D eigenvalue weighted by Gasteiger charge is 2.20. The summed E-state index contributed by atoms with van der Waals surface area (Å²) in [5.74, 6) is 0.316. The molecule has 0 bridgehead atoms. The number of phenols is 1. The van der Waals surface area contributed by atoms with Crippen LogP contribution in [0.2, 0.25) is 0 Å². The molecule has 1 unspecified atom stereocenters. The second kappa shape index (κ2) is 8.34. The van der Waals surface area contributed by atoms with Gasteiger partial charge in [0.1, 0.15) is 5.75 Å². The molecule has 2 rings (SSSR count). The minimum absolute atomic E-state index is 0.316. The van der Waals surface area contributed by atoms with Gasteiger partial charge in [0.2, 0.25) is 0 Å². The van der Waals surface area contributed by atoms with E-state index in [1.165, 1.54) is 0 Å². The van der Waals surface area contributed by atoms with Crippen LogP contribution in [0.1, 0.15) is 18.4 Å². The van der Waals surface area contributed by atoms with Crippen molar-refractivity contribution in [2.24, 2.45) is 0 Å². The molecule has 5 nitrogen and oxygen atoms in total. The Morgan fingerprint density at radius 1 is 1.38 bits per heavy atom. The lowest BCUT2D eigenvalue weighted by atomic mass is 10.0. The molecule has 5 heteroatoms. The maximum absolute atomic E-state index is 9.74. The quantitative estimate of drug-likeness (QED) is 0.699. The van der Waals surface area contributed by atoms with Gasteiger partial charge in [-0.05, 0) is 43.6 Å². The Morgan fingerprint density at radius 3 is 2.81 bits per heavy atom. The molecule has 1 heterocycles. The van der Waals surface area contributed by atoms with E-state index in [0.29, 0.717) is 24.9 Å². The molecule has 0 radical (unpaired) electrons. The van der Waals surface area contributed by atoms with E-state index in [4.69, 9.17) is 4.74 Å². The Bertz CT molecular complexity index is 420. The van der Waals surface area contributed by atoms with Crippen LogP contribution < -0.4 is 5.32 Å². The topological polar surface area (TPSA) is 65.0 Å². The first-order valence-electron chi connectivity index (χ1n) is 7.58. The number of hydrogen-bond donors (Lipinski definition) is 3. The largest absolute Gasteiger partial charge is 0.508 e. The lowest BCUT2D eigenvalue weighted by Crippen LogP contribution is -2.45. The second-order valence-electron chi connectivity index (χ2n) is 5.73. The highest BCUT2D eigenvalue weighted by molar-refractivity contribution is 5.26. The van der Waals surface area contributed by atoms with Crippen molar-refractivity contribution in [1.29, 1.82) is 0 Å². The van der Waals surface area contributed by atoms with Crippen LogP contribution in [0.15, 0.2) is 24.3 Å². The molecule has 1 aliphatic heterocycles. The molecule has 118 valence electrons. The summed E-state index contributed by atoms with van der Waals surface area (Å²) in [5, 5.41) is 22.7. The Labute approximate surface area is 126 Å². The van der Waals surface area contributed by atoms with Gasteiger partial charge in [0.15, 0.2) is 0 Å². The molecule has 1 aromatic carbocycles. The Hall–Kier alpha value is -1.14. The van der Waals surface area contributed by atoms with E-state index in [1.807, 2.05) is 12.1 Å². The summed E-state index contributed by atoms with van der Waals surface area (Å²) in [5.41, 5.74) is 1.10. The smallest absolute Gasteiger partial charge is 0.115 e. The van der Waals surface area contributed by atoms with Crippen molar-refractivity contribution < 1.29 is 14.9 Å². The van der Waals surface area contributed by atoms with Crippen LogP contribution in [0.3, 0.4) is 0 Å². The number of β-amino-alcohol motifs (C(OH)–C–C–N with tert-alkyl or cyclic N) is 1. The van der Waals surface area contributed by atoms with E-state index in [2.05, 4.69) is 10.2 Å². The molecule has 1 aromatic rings. The summed E-state index contributed by atoms with van der Waals surface area (Å²) in [6, 6.07) is 7.87. The van der Waals surface area contributed by atoms with Crippen LogP contribution in [0.25, 0.3) is 0 Å². The number of aromatic hydroxyl groups is 1. The average Bonchev–Trinajstić information content (AvgIpc) is 2.47. The summed E-state index contributed by atoms with van der Waals surface area (Å²) in [7, 11) is 1.61. The van der Waals surface area contributed by atoms with Gasteiger partial charge < -0.3 is 25.2 Å². The number of hydrogen-bond acceptors (Lipinski definition) is 5. The summed E-state index contributed by atoms with van der Waals surface area (Å²) >= 11 is 0. The second-order valence-corrected chi connectivity index (χ2v) is 5.73. The minimum Gasteiger partial charge on any atom is -0.508 e. The van der Waals surface area contributed by atoms with Crippen molar-refractivity contribution in [2.45, 2.75) is 31.5 Å². The molecule has 0 aliphatic carbocycles. The van der Waals surface area contributed by atoms with Crippen LogP contribution in [0.4, 0.5) is 0 Å². The highest BCUT2D eigenvalue weighted by Crippen LogP contribution is 2.14. The van der Waals surface area contributed by atoms with Crippen molar-refractivity contribution in [1.82, 2.24) is 10.2 Å². The van der Waals surface area contributed by atoms with Gasteiger partial charge >= 0.3 is 0 Å². The molecule has 0 saturated carbocycles. The number of likely N-dealkylation sites (tertiary alicyclic amines) is 1. The molecule has 1 fully saturated rings. The number of aliphatic hydroxyl groups is 1. The number of ether oxygens (including phenoxy) is 1. The van der Waals surface area contributed by atoms with Crippen LogP contribution in [0, 0.1) is 0 Å². The zero-order valence-electron chi connectivity index (χ0n) is 12.7. The van der Waals surface area contributed by atoms with E-state index in [1.54, 1.807) is 19.2 Å². The standard InChI is InChI=1S/C16H26N2O3/c1-21-12-16(20)11-18-7-5-14(6-8-18)17-10-13-3-2-4-15(19)9-13/h2-4,9,14,16-17,19-20H,5-8,10-12H2,1H3. The van der Waals surface area contributed by atoms with E-state index < -0.39 is 6.10 Å². The molecule has 1 atom stereocenters. The van der Waals surface area contributed by atoms with Crippen molar-refractivity contribution in [3.8, 4) is 5.75 Å². The van der Waals surface area contributed by atoms with Crippen molar-refractivity contribution >= 4 is 0 Å². The Kier molecular flexibility index (Phi) is 6.45. The SMILES string of the molecule is COCC(O)CN1CCC(NCc2cccc(O)c2)CC1. The van der Waals surface area contributed by atoms with Gasteiger partial charge in [-0.15, -0.1) is 0 Å². The van der Waals surface area contributed by atoms with Gasteiger partial charge in [-0.25, -0.2) is 0 Å². The summed E-state index contributed by atoms with van der Waals surface area (Å²) in [4.78, 5) is 2.29. The molecule has 0 amide bonds. The summed E-state index contributed by atoms with van der Waals surface area (Å²) in [6.07, 6.45) is 1.77. The van der Waals surface area contributed by atoms with Crippen LogP contribution in [0.5, 0.6) is 5.75 Å². The fourth-order valence-electron chi connectivity index (χ4n) is 2.79. The molecular formula is C16H26N2O3. The third-order valence-electron chi connectivity index (χ3n) is 3.92. The Balaban J connectivity index is 1.67. The van der Waals surface area contributed by atoms with Crippen molar-refractivity contribution in [3.63, 3.8) is 0 Å². The molecular weight excluding hydrogens is 268 g/mol. The third-order valence-corrected chi connectivity index (χ3v) is 3.92. The zero-order chi connectivity index (χ0) is 15.1. The lowest BCUT2D eigenvalue weighted by Gasteiger charge is -2.33. The number of benzene rings is 1. The average molecular weight is 294 g/mol.